The first-order valence-corrected chi connectivity index (χ1v) is 7.23. The summed E-state index contributed by atoms with van der Waals surface area (Å²) in [7, 11) is 1.28. The molecule has 22 heavy (non-hydrogen) atoms. The fourth-order valence-electron chi connectivity index (χ4n) is 2.24. The van der Waals surface area contributed by atoms with Gasteiger partial charge < -0.3 is 10.1 Å². The van der Waals surface area contributed by atoms with Crippen molar-refractivity contribution in [1.29, 1.82) is 0 Å². The van der Waals surface area contributed by atoms with Gasteiger partial charge in [0.2, 0.25) is 0 Å². The Labute approximate surface area is 132 Å². The van der Waals surface area contributed by atoms with Crippen molar-refractivity contribution in [3.05, 3.63) is 34.9 Å². The molecule has 0 fully saturated rings. The average molecular weight is 338 g/mol. The maximum atomic E-state index is 12.4. The van der Waals surface area contributed by atoms with Crippen molar-refractivity contribution in [3.8, 4) is 0 Å². The van der Waals surface area contributed by atoms with Gasteiger partial charge in [0.05, 0.1) is 13.7 Å². The summed E-state index contributed by atoms with van der Waals surface area (Å²) in [6.07, 6.45) is -3.78. The number of rotatable bonds is 7. The number of ether oxygens (including phenoxy) is 1. The Hall–Kier alpha value is -1.27. The van der Waals surface area contributed by atoms with Gasteiger partial charge in [0.15, 0.2) is 0 Å². The molecule has 0 aliphatic carbocycles. The van der Waals surface area contributed by atoms with Gasteiger partial charge in [-0.3, -0.25) is 4.79 Å². The van der Waals surface area contributed by atoms with Crippen molar-refractivity contribution in [2.45, 2.75) is 37.9 Å². The molecule has 0 heterocycles. The summed E-state index contributed by atoms with van der Waals surface area (Å²) in [5.41, 5.74) is 0.790. The van der Waals surface area contributed by atoms with E-state index in [4.69, 9.17) is 11.6 Å². The highest BCUT2D eigenvalue weighted by Gasteiger charge is 2.29. The first-order valence-electron chi connectivity index (χ1n) is 6.85. The average Bonchev–Trinajstić information content (AvgIpc) is 2.44. The van der Waals surface area contributed by atoms with Gasteiger partial charge >= 0.3 is 12.1 Å². The quantitative estimate of drug-likeness (QED) is 0.766. The lowest BCUT2D eigenvalue weighted by Gasteiger charge is -2.26. The number of hydrogen-bond acceptors (Lipinski definition) is 3. The molecule has 0 spiro atoms. The molecular formula is C15H19ClF3NO2. The highest BCUT2D eigenvalue weighted by molar-refractivity contribution is 6.30. The zero-order valence-electron chi connectivity index (χ0n) is 12.4. The predicted molar refractivity (Wildman–Crippen MR) is 79.0 cm³/mol. The van der Waals surface area contributed by atoms with Crippen LogP contribution in [0.1, 0.15) is 31.2 Å². The van der Waals surface area contributed by atoms with E-state index in [9.17, 15) is 18.0 Å². The molecule has 0 amide bonds. The Balaban J connectivity index is 2.83. The molecule has 1 aromatic carbocycles. The molecule has 0 radical (unpaired) electrons. The van der Waals surface area contributed by atoms with Crippen LogP contribution in [0.5, 0.6) is 0 Å². The lowest BCUT2D eigenvalue weighted by Crippen LogP contribution is -2.39. The summed E-state index contributed by atoms with van der Waals surface area (Å²) >= 11 is 5.94. The van der Waals surface area contributed by atoms with E-state index in [1.54, 1.807) is 31.2 Å². The fraction of sp³-hybridized carbons (Fsp3) is 0.533. The van der Waals surface area contributed by atoms with Crippen molar-refractivity contribution < 1.29 is 22.7 Å². The lowest BCUT2D eigenvalue weighted by atomic mass is 9.88. The summed E-state index contributed by atoms with van der Waals surface area (Å²) in [4.78, 5) is 11.3. The minimum Gasteiger partial charge on any atom is -0.469 e. The van der Waals surface area contributed by atoms with Crippen LogP contribution in [-0.2, 0) is 9.53 Å². The minimum atomic E-state index is -4.28. The topological polar surface area (TPSA) is 38.3 Å². The Morgan fingerprint density at radius 2 is 2.09 bits per heavy atom. The van der Waals surface area contributed by atoms with Crippen LogP contribution in [0.15, 0.2) is 24.3 Å². The van der Waals surface area contributed by atoms with Gasteiger partial charge in [0.25, 0.3) is 0 Å². The highest BCUT2D eigenvalue weighted by atomic mass is 35.5. The zero-order chi connectivity index (χ0) is 16.8. The van der Waals surface area contributed by atoms with Gasteiger partial charge in [-0.05, 0) is 37.0 Å². The van der Waals surface area contributed by atoms with Gasteiger partial charge in [0.1, 0.15) is 0 Å². The Morgan fingerprint density at radius 3 is 2.64 bits per heavy atom. The molecule has 7 heteroatoms. The van der Waals surface area contributed by atoms with E-state index < -0.39 is 24.7 Å². The van der Waals surface area contributed by atoms with Crippen LogP contribution in [0.4, 0.5) is 13.2 Å². The molecule has 0 aliphatic heterocycles. The summed E-state index contributed by atoms with van der Waals surface area (Å²) in [6.45, 7) is 0.581. The van der Waals surface area contributed by atoms with E-state index >= 15 is 0 Å². The lowest BCUT2D eigenvalue weighted by molar-refractivity contribution is -0.141. The number of halogens is 4. The van der Waals surface area contributed by atoms with Gasteiger partial charge in [0, 0.05) is 17.5 Å². The van der Waals surface area contributed by atoms with Crippen molar-refractivity contribution >= 4 is 17.6 Å². The SMILES string of the molecule is COC(=O)CCC(c1cccc(Cl)c1)C(C)NCC(F)(F)F. The molecule has 2 atom stereocenters. The van der Waals surface area contributed by atoms with Crippen molar-refractivity contribution in [2.75, 3.05) is 13.7 Å². The zero-order valence-corrected chi connectivity index (χ0v) is 13.2. The largest absolute Gasteiger partial charge is 0.469 e. The van der Waals surface area contributed by atoms with Crippen LogP contribution in [0.2, 0.25) is 5.02 Å². The second-order valence-corrected chi connectivity index (χ2v) is 5.50. The summed E-state index contributed by atoms with van der Waals surface area (Å²) < 4.78 is 41.7. The summed E-state index contributed by atoms with van der Waals surface area (Å²) in [6, 6.07) is 6.45. The molecule has 1 rings (SSSR count). The monoisotopic (exact) mass is 337 g/mol. The van der Waals surface area contributed by atoms with E-state index in [0.29, 0.717) is 11.4 Å². The van der Waals surface area contributed by atoms with Crippen LogP contribution in [-0.4, -0.2) is 31.8 Å². The van der Waals surface area contributed by atoms with Crippen LogP contribution >= 0.6 is 11.6 Å². The second kappa shape index (κ2) is 8.39. The molecule has 1 N–H and O–H groups in total. The third-order valence-corrected chi connectivity index (χ3v) is 3.63. The number of hydrogen-bond donors (Lipinski definition) is 1. The van der Waals surface area contributed by atoms with Crippen molar-refractivity contribution in [3.63, 3.8) is 0 Å². The molecule has 0 saturated carbocycles. The number of methoxy groups -OCH3 is 1. The standard InChI is InChI=1S/C15H19ClF3NO2/c1-10(20-9-15(17,18)19)13(6-7-14(21)22-2)11-4-3-5-12(16)8-11/h3-5,8,10,13,20H,6-7,9H2,1-2H3. The first-order chi connectivity index (χ1) is 10.2. The molecular weight excluding hydrogens is 319 g/mol. The molecule has 2 unspecified atom stereocenters. The van der Waals surface area contributed by atoms with E-state index in [2.05, 4.69) is 10.1 Å². The smallest absolute Gasteiger partial charge is 0.401 e. The Morgan fingerprint density at radius 1 is 1.41 bits per heavy atom. The number of benzene rings is 1. The Kier molecular flexibility index (Phi) is 7.16. The van der Waals surface area contributed by atoms with Gasteiger partial charge in [-0.15, -0.1) is 0 Å². The normalized spacial score (nSPS) is 14.5. The summed E-state index contributed by atoms with van der Waals surface area (Å²) in [5, 5.41) is 2.97. The van der Waals surface area contributed by atoms with Gasteiger partial charge in [-0.2, -0.15) is 13.2 Å². The second-order valence-electron chi connectivity index (χ2n) is 5.06. The number of carbonyl (C=O) groups excluding carboxylic acids is 1. The van der Waals surface area contributed by atoms with Gasteiger partial charge in [-0.25, -0.2) is 0 Å². The number of nitrogens with one attached hydrogen (secondary N) is 1. The van der Waals surface area contributed by atoms with Crippen LogP contribution < -0.4 is 5.32 Å². The molecule has 1 aromatic rings. The number of esters is 1. The maximum absolute atomic E-state index is 12.4. The predicted octanol–water partition coefficient (Wildman–Crippen LogP) is 3.92. The summed E-state index contributed by atoms with van der Waals surface area (Å²) in [5.74, 6) is -0.671. The van der Waals surface area contributed by atoms with Crippen LogP contribution in [0.25, 0.3) is 0 Å². The molecule has 0 aromatic heterocycles. The fourth-order valence-corrected chi connectivity index (χ4v) is 2.44. The van der Waals surface area contributed by atoms with E-state index in [0.717, 1.165) is 5.56 Å². The number of alkyl halides is 3. The molecule has 0 aliphatic rings. The minimum absolute atomic E-state index is 0.131. The van der Waals surface area contributed by atoms with E-state index in [1.807, 2.05) is 0 Å². The molecule has 0 bridgehead atoms. The highest BCUT2D eigenvalue weighted by Crippen LogP contribution is 2.28. The van der Waals surface area contributed by atoms with E-state index in [-0.39, 0.29) is 12.3 Å². The maximum Gasteiger partial charge on any atom is 0.401 e. The van der Waals surface area contributed by atoms with Crippen molar-refractivity contribution in [2.24, 2.45) is 0 Å². The Bertz CT molecular complexity index is 494. The number of carbonyl (C=O) groups is 1. The van der Waals surface area contributed by atoms with Crippen LogP contribution in [0, 0.1) is 0 Å². The van der Waals surface area contributed by atoms with E-state index in [1.165, 1.54) is 7.11 Å². The first kappa shape index (κ1) is 18.8. The third kappa shape index (κ3) is 6.66. The molecule has 124 valence electrons. The van der Waals surface area contributed by atoms with Crippen molar-refractivity contribution in [1.82, 2.24) is 5.32 Å². The third-order valence-electron chi connectivity index (χ3n) is 3.39. The van der Waals surface area contributed by atoms with Gasteiger partial charge in [-0.1, -0.05) is 23.7 Å². The van der Waals surface area contributed by atoms with Crippen LogP contribution in [0.3, 0.4) is 0 Å². The molecule has 0 saturated heterocycles. The molecule has 3 nitrogen and oxygen atoms in total.